The van der Waals surface area contributed by atoms with E-state index in [1.165, 1.54) is 25.0 Å². The van der Waals surface area contributed by atoms with E-state index in [0.29, 0.717) is 19.1 Å². The van der Waals surface area contributed by atoms with Gasteiger partial charge in [0.15, 0.2) is 5.96 Å². The molecule has 6 heteroatoms. The monoisotopic (exact) mass is 317 g/mol. The molecule has 0 aromatic rings. The molecule has 1 rings (SSSR count). The van der Waals surface area contributed by atoms with Crippen LogP contribution in [0.4, 0.5) is 0 Å². The van der Waals surface area contributed by atoms with Crippen molar-refractivity contribution < 1.29 is 9.47 Å². The average molecular weight is 317 g/mol. The molecule has 1 heterocycles. The van der Waals surface area contributed by atoms with Crippen LogP contribution in [0.1, 0.15) is 19.3 Å². The maximum Gasteiger partial charge on any atom is 0.193 e. The quantitative estimate of drug-likeness (QED) is 0.377. The Hall–Kier alpha value is -0.460. The number of aliphatic imine (C=N–C) groups is 1. The summed E-state index contributed by atoms with van der Waals surface area (Å²) >= 11 is 1.91. The zero-order chi connectivity index (χ0) is 15.3. The highest BCUT2D eigenvalue weighted by Crippen LogP contribution is 2.16. The number of likely N-dealkylation sites (tertiary alicyclic amines) is 1. The van der Waals surface area contributed by atoms with Gasteiger partial charge in [-0.1, -0.05) is 0 Å². The minimum absolute atomic E-state index is 0.608. The van der Waals surface area contributed by atoms with Gasteiger partial charge < -0.3 is 19.7 Å². The molecule has 0 amide bonds. The molecule has 0 saturated carbocycles. The fourth-order valence-electron chi connectivity index (χ4n) is 2.46. The predicted molar refractivity (Wildman–Crippen MR) is 91.4 cm³/mol. The molecule has 0 spiro atoms. The highest BCUT2D eigenvalue weighted by Gasteiger charge is 2.24. The van der Waals surface area contributed by atoms with Gasteiger partial charge >= 0.3 is 0 Å². The Labute approximate surface area is 133 Å². The Kier molecular flexibility index (Phi) is 10.7. The van der Waals surface area contributed by atoms with Crippen molar-refractivity contribution in [2.75, 3.05) is 65.6 Å². The van der Waals surface area contributed by atoms with Crippen LogP contribution >= 0.6 is 11.8 Å². The van der Waals surface area contributed by atoms with Crippen LogP contribution in [-0.2, 0) is 9.47 Å². The largest absolute Gasteiger partial charge is 0.382 e. The van der Waals surface area contributed by atoms with Crippen molar-refractivity contribution in [1.82, 2.24) is 10.2 Å². The number of thioether (sulfide) groups is 1. The molecular formula is C15H31N3O2S. The molecule has 0 bridgehead atoms. The average Bonchev–Trinajstić information content (AvgIpc) is 2.96. The van der Waals surface area contributed by atoms with E-state index in [9.17, 15) is 0 Å². The maximum atomic E-state index is 5.63. The first-order valence-corrected chi connectivity index (χ1v) is 9.22. The summed E-state index contributed by atoms with van der Waals surface area (Å²) in [6, 6.07) is 0. The Morgan fingerprint density at radius 2 is 2.24 bits per heavy atom. The normalized spacial score (nSPS) is 19.3. The molecule has 1 atom stereocenters. The summed E-state index contributed by atoms with van der Waals surface area (Å²) in [5, 5.41) is 3.47. The fraction of sp³-hybridized carbons (Fsp3) is 0.933. The summed E-state index contributed by atoms with van der Waals surface area (Å²) in [6.45, 7) is 5.31. The van der Waals surface area contributed by atoms with E-state index in [0.717, 1.165) is 32.2 Å². The number of unbranched alkanes of at least 4 members (excludes halogenated alkanes) is 1. The number of nitrogens with zero attached hydrogens (tertiary/aromatic N) is 2. The van der Waals surface area contributed by atoms with Crippen molar-refractivity contribution in [3.05, 3.63) is 0 Å². The van der Waals surface area contributed by atoms with Crippen LogP contribution in [0.5, 0.6) is 0 Å². The molecule has 1 aliphatic heterocycles. The van der Waals surface area contributed by atoms with E-state index >= 15 is 0 Å². The standard InChI is InChI=1S/C15H31N3O2S/c1-16-15(17-7-4-5-11-21-3)18-8-6-14(12-18)13-20-10-9-19-2/h14H,4-13H2,1-3H3,(H,16,17). The highest BCUT2D eigenvalue weighted by molar-refractivity contribution is 7.98. The van der Waals surface area contributed by atoms with Crippen LogP contribution in [0.3, 0.4) is 0 Å². The third-order valence-electron chi connectivity index (χ3n) is 3.64. The smallest absolute Gasteiger partial charge is 0.193 e. The predicted octanol–water partition coefficient (Wildman–Crippen LogP) is 1.69. The van der Waals surface area contributed by atoms with E-state index in [1.54, 1.807) is 7.11 Å². The third kappa shape index (κ3) is 7.93. The number of guanidine groups is 1. The Balaban J connectivity index is 2.17. The number of rotatable bonds is 10. The van der Waals surface area contributed by atoms with Gasteiger partial charge in [-0.15, -0.1) is 0 Å². The first kappa shape index (κ1) is 18.6. The number of hydrogen-bond donors (Lipinski definition) is 1. The Bertz CT molecular complexity index is 290. The molecule has 1 saturated heterocycles. The Morgan fingerprint density at radius 1 is 1.38 bits per heavy atom. The molecule has 1 unspecified atom stereocenters. The van der Waals surface area contributed by atoms with E-state index in [-0.39, 0.29) is 0 Å². The zero-order valence-corrected chi connectivity index (χ0v) is 14.6. The first-order valence-electron chi connectivity index (χ1n) is 7.83. The molecule has 1 N–H and O–H groups in total. The molecule has 0 aromatic carbocycles. The van der Waals surface area contributed by atoms with Crippen LogP contribution in [0, 0.1) is 5.92 Å². The lowest BCUT2D eigenvalue weighted by Gasteiger charge is -2.21. The second kappa shape index (κ2) is 12.1. The number of ether oxygens (including phenoxy) is 2. The Morgan fingerprint density at radius 3 is 2.95 bits per heavy atom. The number of nitrogens with one attached hydrogen (secondary N) is 1. The van der Waals surface area contributed by atoms with Gasteiger partial charge in [0.1, 0.15) is 0 Å². The van der Waals surface area contributed by atoms with Gasteiger partial charge in [0.05, 0.1) is 19.8 Å². The minimum atomic E-state index is 0.608. The lowest BCUT2D eigenvalue weighted by Crippen LogP contribution is -2.40. The summed E-state index contributed by atoms with van der Waals surface area (Å²) < 4.78 is 10.6. The van der Waals surface area contributed by atoms with Crippen molar-refractivity contribution >= 4 is 17.7 Å². The molecule has 21 heavy (non-hydrogen) atoms. The van der Waals surface area contributed by atoms with Crippen molar-refractivity contribution in [2.24, 2.45) is 10.9 Å². The second-order valence-electron chi connectivity index (χ2n) is 5.34. The van der Waals surface area contributed by atoms with Crippen molar-refractivity contribution in [3.8, 4) is 0 Å². The number of methoxy groups -OCH3 is 1. The minimum Gasteiger partial charge on any atom is -0.382 e. The van der Waals surface area contributed by atoms with Gasteiger partial charge in [0.25, 0.3) is 0 Å². The van der Waals surface area contributed by atoms with Crippen molar-refractivity contribution in [1.29, 1.82) is 0 Å². The van der Waals surface area contributed by atoms with Crippen LogP contribution in [0.2, 0.25) is 0 Å². The summed E-state index contributed by atoms with van der Waals surface area (Å²) in [4.78, 5) is 6.74. The topological polar surface area (TPSA) is 46.1 Å². The maximum absolute atomic E-state index is 5.63. The molecule has 5 nitrogen and oxygen atoms in total. The van der Waals surface area contributed by atoms with Gasteiger partial charge in [-0.05, 0) is 31.3 Å². The summed E-state index contributed by atoms with van der Waals surface area (Å²) in [7, 11) is 3.57. The van der Waals surface area contributed by atoms with Crippen LogP contribution < -0.4 is 5.32 Å². The molecule has 1 fully saturated rings. The van der Waals surface area contributed by atoms with E-state index in [2.05, 4.69) is 21.5 Å². The van der Waals surface area contributed by atoms with Crippen LogP contribution in [-0.4, -0.2) is 76.5 Å². The van der Waals surface area contributed by atoms with Crippen molar-refractivity contribution in [3.63, 3.8) is 0 Å². The summed E-state index contributed by atoms with van der Waals surface area (Å²) in [5.41, 5.74) is 0. The summed E-state index contributed by atoms with van der Waals surface area (Å²) in [6.07, 6.45) is 5.81. The summed E-state index contributed by atoms with van der Waals surface area (Å²) in [5.74, 6) is 2.89. The first-order chi connectivity index (χ1) is 10.3. The van der Waals surface area contributed by atoms with Gasteiger partial charge in [-0.2, -0.15) is 11.8 Å². The molecule has 124 valence electrons. The lowest BCUT2D eigenvalue weighted by atomic mass is 10.1. The van der Waals surface area contributed by atoms with Crippen LogP contribution in [0.15, 0.2) is 4.99 Å². The SMILES string of the molecule is CN=C(NCCCCSC)N1CCC(COCCOC)C1. The van der Waals surface area contributed by atoms with E-state index in [4.69, 9.17) is 9.47 Å². The molecule has 0 radical (unpaired) electrons. The molecule has 1 aliphatic rings. The third-order valence-corrected chi connectivity index (χ3v) is 4.34. The molecule has 0 aliphatic carbocycles. The van der Waals surface area contributed by atoms with E-state index in [1.807, 2.05) is 18.8 Å². The molecular weight excluding hydrogens is 286 g/mol. The number of hydrogen-bond acceptors (Lipinski definition) is 4. The highest BCUT2D eigenvalue weighted by atomic mass is 32.2. The van der Waals surface area contributed by atoms with Gasteiger partial charge in [0.2, 0.25) is 0 Å². The fourth-order valence-corrected chi connectivity index (χ4v) is 2.95. The van der Waals surface area contributed by atoms with E-state index < -0.39 is 0 Å². The van der Waals surface area contributed by atoms with Gasteiger partial charge in [-0.3, -0.25) is 4.99 Å². The lowest BCUT2D eigenvalue weighted by molar-refractivity contribution is 0.0536. The van der Waals surface area contributed by atoms with Gasteiger partial charge in [0, 0.05) is 39.7 Å². The zero-order valence-electron chi connectivity index (χ0n) is 13.8. The molecule has 0 aromatic heterocycles. The van der Waals surface area contributed by atoms with Gasteiger partial charge in [-0.25, -0.2) is 0 Å². The second-order valence-corrected chi connectivity index (χ2v) is 6.33. The van der Waals surface area contributed by atoms with Crippen LogP contribution in [0.25, 0.3) is 0 Å². The van der Waals surface area contributed by atoms with Crippen molar-refractivity contribution in [2.45, 2.75) is 19.3 Å².